The summed E-state index contributed by atoms with van der Waals surface area (Å²) >= 11 is 0. The van der Waals surface area contributed by atoms with E-state index in [1.165, 1.54) is 5.56 Å². The van der Waals surface area contributed by atoms with Gasteiger partial charge in [0.2, 0.25) is 5.88 Å². The molecule has 19 heavy (non-hydrogen) atoms. The van der Waals surface area contributed by atoms with E-state index < -0.39 is 0 Å². The molecule has 3 N–H and O–H groups in total. The van der Waals surface area contributed by atoms with Gasteiger partial charge in [-0.05, 0) is 31.0 Å². The van der Waals surface area contributed by atoms with E-state index in [-0.39, 0.29) is 6.04 Å². The van der Waals surface area contributed by atoms with Crippen LogP contribution in [0.5, 0.6) is 5.88 Å². The minimum atomic E-state index is 0.281. The summed E-state index contributed by atoms with van der Waals surface area (Å²) in [6.45, 7) is 2.12. The second-order valence-corrected chi connectivity index (χ2v) is 4.53. The van der Waals surface area contributed by atoms with Gasteiger partial charge in [-0.25, -0.2) is 0 Å². The van der Waals surface area contributed by atoms with E-state index in [0.29, 0.717) is 11.6 Å². The molecular weight excluding hydrogens is 238 g/mol. The van der Waals surface area contributed by atoms with Crippen LogP contribution in [0.15, 0.2) is 42.5 Å². The molecule has 0 bridgehead atoms. The number of benzene rings is 1. The first-order chi connectivity index (χ1) is 9.19. The summed E-state index contributed by atoms with van der Waals surface area (Å²) in [4.78, 5) is 4.31. The number of aromatic nitrogens is 1. The normalized spacial score (nSPS) is 11.9. The number of pyridine rings is 1. The van der Waals surface area contributed by atoms with Gasteiger partial charge in [0, 0.05) is 6.04 Å². The van der Waals surface area contributed by atoms with Crippen LogP contribution >= 0.6 is 0 Å². The molecule has 0 amide bonds. The Labute approximate surface area is 113 Å². The van der Waals surface area contributed by atoms with Crippen molar-refractivity contribution in [3.63, 3.8) is 0 Å². The maximum Gasteiger partial charge on any atom is 0.238 e. The Morgan fingerprint density at radius 2 is 1.95 bits per heavy atom. The second kappa shape index (κ2) is 6.09. The third-order valence-corrected chi connectivity index (χ3v) is 2.86. The number of ether oxygens (including phenoxy) is 1. The van der Waals surface area contributed by atoms with Crippen molar-refractivity contribution in [3.8, 4) is 5.88 Å². The predicted octanol–water partition coefficient (Wildman–Crippen LogP) is 2.72. The molecule has 2 aromatic rings. The molecule has 0 fully saturated rings. The second-order valence-electron chi connectivity index (χ2n) is 4.53. The Bertz CT molecular complexity index is 528. The molecule has 0 saturated heterocycles. The number of nitrogens with two attached hydrogens (primary N) is 1. The van der Waals surface area contributed by atoms with E-state index in [9.17, 15) is 0 Å². The summed E-state index contributed by atoms with van der Waals surface area (Å²) in [7, 11) is 1.57. The molecule has 0 aliphatic carbocycles. The van der Waals surface area contributed by atoms with Gasteiger partial charge in [-0.15, -0.1) is 0 Å². The molecule has 0 aliphatic heterocycles. The van der Waals surface area contributed by atoms with Crippen molar-refractivity contribution in [2.75, 3.05) is 18.2 Å². The number of nitrogen functional groups attached to an aromatic ring is 1. The topological polar surface area (TPSA) is 60.2 Å². The molecule has 1 heterocycles. The summed E-state index contributed by atoms with van der Waals surface area (Å²) in [6, 6.07) is 14.3. The Morgan fingerprint density at radius 3 is 2.63 bits per heavy atom. The zero-order valence-corrected chi connectivity index (χ0v) is 11.3. The molecule has 0 aliphatic rings. The first-order valence-corrected chi connectivity index (χ1v) is 6.30. The van der Waals surface area contributed by atoms with Gasteiger partial charge < -0.3 is 15.8 Å². The summed E-state index contributed by atoms with van der Waals surface area (Å²) < 4.78 is 5.11. The maximum atomic E-state index is 5.74. The van der Waals surface area contributed by atoms with Crippen molar-refractivity contribution < 1.29 is 4.74 Å². The van der Waals surface area contributed by atoms with Gasteiger partial charge in [0.25, 0.3) is 0 Å². The molecule has 4 heteroatoms. The van der Waals surface area contributed by atoms with Crippen molar-refractivity contribution in [2.24, 2.45) is 0 Å². The van der Waals surface area contributed by atoms with Gasteiger partial charge in [0.05, 0.1) is 12.8 Å². The van der Waals surface area contributed by atoms with Gasteiger partial charge in [-0.1, -0.05) is 30.3 Å². The first kappa shape index (κ1) is 13.2. The highest BCUT2D eigenvalue weighted by Crippen LogP contribution is 2.20. The molecule has 0 radical (unpaired) electrons. The number of anilines is 2. The lowest BCUT2D eigenvalue weighted by Gasteiger charge is -2.15. The summed E-state index contributed by atoms with van der Waals surface area (Å²) in [6.07, 6.45) is 0.940. The minimum Gasteiger partial charge on any atom is -0.479 e. The van der Waals surface area contributed by atoms with E-state index in [1.807, 2.05) is 24.3 Å². The summed E-state index contributed by atoms with van der Waals surface area (Å²) in [5, 5.41) is 3.35. The number of nitrogens with one attached hydrogen (secondary N) is 1. The summed E-state index contributed by atoms with van der Waals surface area (Å²) in [5.41, 5.74) is 7.58. The third kappa shape index (κ3) is 3.61. The van der Waals surface area contributed by atoms with Gasteiger partial charge in [-0.2, -0.15) is 4.98 Å². The highest BCUT2D eigenvalue weighted by atomic mass is 16.5. The lowest BCUT2D eigenvalue weighted by molar-refractivity contribution is 0.400. The fourth-order valence-electron chi connectivity index (χ4n) is 1.97. The van der Waals surface area contributed by atoms with Crippen LogP contribution in [0.2, 0.25) is 0 Å². The fourth-order valence-corrected chi connectivity index (χ4v) is 1.97. The predicted molar refractivity (Wildman–Crippen MR) is 78.4 cm³/mol. The number of rotatable bonds is 5. The molecule has 1 aromatic carbocycles. The number of hydrogen-bond acceptors (Lipinski definition) is 4. The van der Waals surface area contributed by atoms with E-state index in [2.05, 4.69) is 29.4 Å². The molecule has 1 unspecified atom stereocenters. The van der Waals surface area contributed by atoms with E-state index in [0.717, 1.165) is 12.2 Å². The van der Waals surface area contributed by atoms with Gasteiger partial charge >= 0.3 is 0 Å². The number of nitrogens with zero attached hydrogens (tertiary/aromatic N) is 1. The van der Waals surface area contributed by atoms with Gasteiger partial charge in [0.15, 0.2) is 0 Å². The molecule has 100 valence electrons. The largest absolute Gasteiger partial charge is 0.479 e. The standard InChI is InChI=1S/C15H19N3O/c1-11(10-12-6-4-3-5-7-12)17-14-9-8-13(16)15(18-14)19-2/h3-9,11H,10,16H2,1-2H3,(H,17,18). The zero-order chi connectivity index (χ0) is 13.7. The quantitative estimate of drug-likeness (QED) is 0.864. The van der Waals surface area contributed by atoms with Crippen molar-refractivity contribution in [1.29, 1.82) is 0 Å². The van der Waals surface area contributed by atoms with Crippen LogP contribution in [0, 0.1) is 0 Å². The molecule has 1 aromatic heterocycles. The molecule has 1 atom stereocenters. The van der Waals surface area contributed by atoms with E-state index >= 15 is 0 Å². The van der Waals surface area contributed by atoms with Gasteiger partial charge in [0.1, 0.15) is 5.82 Å². The van der Waals surface area contributed by atoms with Crippen LogP contribution in [0.3, 0.4) is 0 Å². The minimum absolute atomic E-state index is 0.281. The van der Waals surface area contributed by atoms with Crippen LogP contribution in [0.1, 0.15) is 12.5 Å². The highest BCUT2D eigenvalue weighted by molar-refractivity contribution is 5.53. The Kier molecular flexibility index (Phi) is 4.23. The molecular formula is C15H19N3O. The van der Waals surface area contributed by atoms with Crippen molar-refractivity contribution in [1.82, 2.24) is 4.98 Å². The van der Waals surface area contributed by atoms with Crippen molar-refractivity contribution in [2.45, 2.75) is 19.4 Å². The Hall–Kier alpha value is -2.23. The lowest BCUT2D eigenvalue weighted by atomic mass is 10.1. The average Bonchev–Trinajstić information content (AvgIpc) is 2.42. The third-order valence-electron chi connectivity index (χ3n) is 2.86. The Morgan fingerprint density at radius 1 is 1.21 bits per heavy atom. The van der Waals surface area contributed by atoms with Crippen LogP contribution in [0.25, 0.3) is 0 Å². The lowest BCUT2D eigenvalue weighted by Crippen LogP contribution is -2.19. The highest BCUT2D eigenvalue weighted by Gasteiger charge is 2.07. The Balaban J connectivity index is 2.01. The molecule has 2 rings (SSSR count). The fraction of sp³-hybridized carbons (Fsp3) is 0.267. The van der Waals surface area contributed by atoms with Crippen LogP contribution < -0.4 is 15.8 Å². The van der Waals surface area contributed by atoms with Gasteiger partial charge in [-0.3, -0.25) is 0 Å². The van der Waals surface area contributed by atoms with Crippen LogP contribution in [-0.2, 0) is 6.42 Å². The van der Waals surface area contributed by atoms with E-state index in [4.69, 9.17) is 10.5 Å². The number of hydrogen-bond donors (Lipinski definition) is 2. The van der Waals surface area contributed by atoms with Crippen molar-refractivity contribution >= 4 is 11.5 Å². The van der Waals surface area contributed by atoms with Crippen LogP contribution in [-0.4, -0.2) is 18.1 Å². The first-order valence-electron chi connectivity index (χ1n) is 6.30. The maximum absolute atomic E-state index is 5.74. The average molecular weight is 257 g/mol. The smallest absolute Gasteiger partial charge is 0.238 e. The molecule has 0 saturated carbocycles. The van der Waals surface area contributed by atoms with Crippen LogP contribution in [0.4, 0.5) is 11.5 Å². The number of methoxy groups -OCH3 is 1. The SMILES string of the molecule is COc1nc(NC(C)Cc2ccccc2)ccc1N. The molecule has 0 spiro atoms. The zero-order valence-electron chi connectivity index (χ0n) is 11.3. The van der Waals surface area contributed by atoms with Crippen molar-refractivity contribution in [3.05, 3.63) is 48.0 Å². The van der Waals surface area contributed by atoms with E-state index in [1.54, 1.807) is 13.2 Å². The summed E-state index contributed by atoms with van der Waals surface area (Å²) in [5.74, 6) is 1.23. The monoisotopic (exact) mass is 257 g/mol. The molecule has 4 nitrogen and oxygen atoms in total.